The summed E-state index contributed by atoms with van der Waals surface area (Å²) in [6, 6.07) is 12.8. The van der Waals surface area contributed by atoms with Gasteiger partial charge in [-0.1, -0.05) is 18.2 Å². The number of nitrogens with one attached hydrogen (secondary N) is 2. The Morgan fingerprint density at radius 1 is 0.968 bits per heavy atom. The van der Waals surface area contributed by atoms with E-state index in [1.165, 1.54) is 0 Å². The van der Waals surface area contributed by atoms with Crippen LogP contribution in [-0.4, -0.2) is 57.3 Å². The lowest BCUT2D eigenvalue weighted by atomic mass is 10.0. The lowest BCUT2D eigenvalue weighted by Gasteiger charge is -2.32. The van der Waals surface area contributed by atoms with Gasteiger partial charge in [0.25, 0.3) is 0 Å². The van der Waals surface area contributed by atoms with Crippen LogP contribution in [0.2, 0.25) is 0 Å². The number of amides is 3. The molecule has 8 heteroatoms. The number of carbonyl (C=O) groups excluding carboxylic acids is 2. The van der Waals surface area contributed by atoms with Gasteiger partial charge in [0.1, 0.15) is 0 Å². The van der Waals surface area contributed by atoms with Crippen LogP contribution in [0.1, 0.15) is 18.4 Å². The van der Waals surface area contributed by atoms with Crippen LogP contribution in [0.25, 0.3) is 0 Å². The third-order valence-electron chi connectivity index (χ3n) is 5.26. The molecule has 1 aliphatic rings. The van der Waals surface area contributed by atoms with E-state index in [0.717, 1.165) is 11.3 Å². The van der Waals surface area contributed by atoms with Gasteiger partial charge in [0, 0.05) is 24.8 Å². The van der Waals surface area contributed by atoms with Gasteiger partial charge in [-0.25, -0.2) is 4.79 Å². The first-order chi connectivity index (χ1) is 15.0. The number of ether oxygens (including phenoxy) is 3. The summed E-state index contributed by atoms with van der Waals surface area (Å²) in [7, 11) is 4.63. The van der Waals surface area contributed by atoms with E-state index in [2.05, 4.69) is 10.6 Å². The number of nitrogens with zero attached hydrogens (tertiary/aromatic N) is 1. The molecule has 31 heavy (non-hydrogen) atoms. The smallest absolute Gasteiger partial charge is 0.321 e. The second kappa shape index (κ2) is 10.6. The Kier molecular flexibility index (Phi) is 7.59. The van der Waals surface area contributed by atoms with Crippen molar-refractivity contribution in [1.82, 2.24) is 10.2 Å². The lowest BCUT2D eigenvalue weighted by Crippen LogP contribution is -2.48. The molecule has 8 nitrogen and oxygen atoms in total. The predicted molar refractivity (Wildman–Crippen MR) is 118 cm³/mol. The number of anilines is 1. The van der Waals surface area contributed by atoms with E-state index < -0.39 is 0 Å². The molecule has 3 amide bonds. The van der Waals surface area contributed by atoms with Gasteiger partial charge in [-0.05, 0) is 42.7 Å². The Bertz CT molecular complexity index is 870. The van der Waals surface area contributed by atoms with Crippen LogP contribution in [0.15, 0.2) is 42.5 Å². The average Bonchev–Trinajstić information content (AvgIpc) is 2.79. The second-order valence-corrected chi connectivity index (χ2v) is 7.34. The van der Waals surface area contributed by atoms with Gasteiger partial charge in [0.15, 0.2) is 11.5 Å². The molecule has 1 fully saturated rings. The van der Waals surface area contributed by atoms with Gasteiger partial charge < -0.3 is 29.7 Å². The van der Waals surface area contributed by atoms with Gasteiger partial charge in [0.2, 0.25) is 11.7 Å². The van der Waals surface area contributed by atoms with Crippen molar-refractivity contribution in [2.24, 2.45) is 0 Å². The summed E-state index contributed by atoms with van der Waals surface area (Å²) >= 11 is 0. The Morgan fingerprint density at radius 3 is 2.13 bits per heavy atom. The summed E-state index contributed by atoms with van der Waals surface area (Å²) in [4.78, 5) is 26.8. The van der Waals surface area contributed by atoms with Crippen LogP contribution in [0.3, 0.4) is 0 Å². The number of methoxy groups -OCH3 is 3. The maximum atomic E-state index is 12.6. The van der Waals surface area contributed by atoms with Crippen molar-refractivity contribution in [2.75, 3.05) is 39.7 Å². The Labute approximate surface area is 182 Å². The quantitative estimate of drug-likeness (QED) is 0.709. The molecular weight excluding hydrogens is 398 g/mol. The number of likely N-dealkylation sites (tertiary alicyclic amines) is 1. The molecule has 2 N–H and O–H groups in total. The molecular formula is C23H29N3O5. The number of benzene rings is 2. The zero-order chi connectivity index (χ0) is 22.2. The first-order valence-electron chi connectivity index (χ1n) is 10.2. The third-order valence-corrected chi connectivity index (χ3v) is 5.26. The molecule has 2 aromatic rings. The minimum Gasteiger partial charge on any atom is -0.493 e. The second-order valence-electron chi connectivity index (χ2n) is 7.34. The number of piperidine rings is 1. The van der Waals surface area contributed by atoms with Crippen molar-refractivity contribution in [3.05, 3.63) is 48.0 Å². The van der Waals surface area contributed by atoms with Gasteiger partial charge in [-0.15, -0.1) is 0 Å². The van der Waals surface area contributed by atoms with Crippen LogP contribution in [0.4, 0.5) is 10.5 Å². The van der Waals surface area contributed by atoms with Crippen molar-refractivity contribution in [3.63, 3.8) is 0 Å². The molecule has 1 aliphatic heterocycles. The Hall–Kier alpha value is -3.42. The molecule has 0 bridgehead atoms. The molecule has 3 rings (SSSR count). The fraction of sp³-hybridized carbons (Fsp3) is 0.391. The van der Waals surface area contributed by atoms with Crippen LogP contribution in [0.5, 0.6) is 17.2 Å². The standard InChI is InChI=1S/C23H29N3O5/c1-29-19-13-16(14-20(30-2)22(19)31-3)15-21(27)24-18-9-11-26(12-10-18)23(28)25-17-7-5-4-6-8-17/h4-8,13-14,18H,9-12,15H2,1-3H3,(H,24,27)(H,25,28). The fourth-order valence-corrected chi connectivity index (χ4v) is 3.65. The number of para-hydroxylation sites is 1. The first kappa shape index (κ1) is 22.3. The number of rotatable bonds is 7. The van der Waals surface area contributed by atoms with E-state index in [-0.39, 0.29) is 24.4 Å². The molecule has 0 atom stereocenters. The summed E-state index contributed by atoms with van der Waals surface area (Å²) < 4.78 is 16.0. The topological polar surface area (TPSA) is 89.1 Å². The molecule has 0 aromatic heterocycles. The molecule has 1 saturated heterocycles. The molecule has 1 heterocycles. The van der Waals surface area contributed by atoms with Gasteiger partial charge in [-0.2, -0.15) is 0 Å². The highest BCUT2D eigenvalue weighted by Crippen LogP contribution is 2.38. The zero-order valence-electron chi connectivity index (χ0n) is 18.1. The number of hydrogen-bond acceptors (Lipinski definition) is 5. The monoisotopic (exact) mass is 427 g/mol. The van der Waals surface area contributed by atoms with Gasteiger partial charge in [0.05, 0.1) is 27.8 Å². The highest BCUT2D eigenvalue weighted by molar-refractivity contribution is 5.89. The molecule has 0 spiro atoms. The van der Waals surface area contributed by atoms with E-state index in [1.807, 2.05) is 30.3 Å². The number of carbonyl (C=O) groups is 2. The maximum absolute atomic E-state index is 12.6. The minimum absolute atomic E-state index is 0.0373. The SMILES string of the molecule is COc1cc(CC(=O)NC2CCN(C(=O)Nc3ccccc3)CC2)cc(OC)c1OC. The molecule has 0 radical (unpaired) electrons. The van der Waals surface area contributed by atoms with Crippen molar-refractivity contribution in [3.8, 4) is 17.2 Å². The molecule has 0 saturated carbocycles. The van der Waals surface area contributed by atoms with E-state index >= 15 is 0 Å². The van der Waals surface area contributed by atoms with Crippen molar-refractivity contribution in [1.29, 1.82) is 0 Å². The van der Waals surface area contributed by atoms with E-state index in [9.17, 15) is 9.59 Å². The van der Waals surface area contributed by atoms with E-state index in [0.29, 0.717) is 43.2 Å². The van der Waals surface area contributed by atoms with Gasteiger partial charge in [-0.3, -0.25) is 4.79 Å². The Balaban J connectivity index is 1.50. The average molecular weight is 428 g/mol. The summed E-state index contributed by atoms with van der Waals surface area (Å²) in [5.74, 6) is 1.45. The zero-order valence-corrected chi connectivity index (χ0v) is 18.1. The molecule has 166 valence electrons. The molecule has 0 unspecified atom stereocenters. The first-order valence-corrected chi connectivity index (χ1v) is 10.2. The van der Waals surface area contributed by atoms with Crippen LogP contribution in [-0.2, 0) is 11.2 Å². The summed E-state index contributed by atoms with van der Waals surface area (Å²) in [6.45, 7) is 1.18. The van der Waals surface area contributed by atoms with Crippen molar-refractivity contribution in [2.45, 2.75) is 25.3 Å². The summed E-state index contributed by atoms with van der Waals surface area (Å²) in [5.41, 5.74) is 1.54. The number of hydrogen-bond donors (Lipinski definition) is 2. The van der Waals surface area contributed by atoms with Crippen LogP contribution in [0, 0.1) is 0 Å². The third kappa shape index (κ3) is 5.81. The summed E-state index contributed by atoms with van der Waals surface area (Å²) in [5, 5.41) is 5.97. The highest BCUT2D eigenvalue weighted by Gasteiger charge is 2.24. The Morgan fingerprint density at radius 2 is 1.58 bits per heavy atom. The van der Waals surface area contributed by atoms with Crippen LogP contribution >= 0.6 is 0 Å². The number of urea groups is 1. The lowest BCUT2D eigenvalue weighted by molar-refractivity contribution is -0.121. The fourth-order valence-electron chi connectivity index (χ4n) is 3.65. The molecule has 2 aromatic carbocycles. The van der Waals surface area contributed by atoms with Crippen molar-refractivity contribution >= 4 is 17.6 Å². The maximum Gasteiger partial charge on any atom is 0.321 e. The largest absolute Gasteiger partial charge is 0.493 e. The van der Waals surface area contributed by atoms with E-state index in [1.54, 1.807) is 38.4 Å². The normalized spacial score (nSPS) is 14.0. The van der Waals surface area contributed by atoms with Crippen LogP contribution < -0.4 is 24.8 Å². The van der Waals surface area contributed by atoms with Gasteiger partial charge >= 0.3 is 6.03 Å². The van der Waals surface area contributed by atoms with E-state index in [4.69, 9.17) is 14.2 Å². The minimum atomic E-state index is -0.117. The highest BCUT2D eigenvalue weighted by atomic mass is 16.5. The molecule has 0 aliphatic carbocycles. The predicted octanol–water partition coefficient (Wildman–Crippen LogP) is 3.07. The summed E-state index contributed by atoms with van der Waals surface area (Å²) in [6.07, 6.45) is 1.62. The van der Waals surface area contributed by atoms with Crippen molar-refractivity contribution < 1.29 is 23.8 Å².